The van der Waals surface area contributed by atoms with Crippen LogP contribution < -0.4 is 23.7 Å². The average Bonchev–Trinajstić information content (AvgIpc) is 3.36. The van der Waals surface area contributed by atoms with Gasteiger partial charge in [-0.15, -0.1) is 0 Å². The molecule has 0 radical (unpaired) electrons. The molecule has 0 saturated carbocycles. The van der Waals surface area contributed by atoms with E-state index in [9.17, 15) is 10.1 Å². The molecule has 0 N–H and O–H groups in total. The van der Waals surface area contributed by atoms with Crippen LogP contribution in [0, 0.1) is 11.3 Å². The van der Waals surface area contributed by atoms with Crippen molar-refractivity contribution in [3.8, 4) is 34.8 Å². The van der Waals surface area contributed by atoms with Gasteiger partial charge in [0.25, 0.3) is 5.91 Å². The second-order valence-corrected chi connectivity index (χ2v) is 7.48. The highest BCUT2D eigenvalue weighted by atomic mass is 16.7. The Bertz CT molecular complexity index is 1200. The number of nitrogens with zero attached hydrogens (tertiary/aromatic N) is 2. The zero-order chi connectivity index (χ0) is 24.1. The van der Waals surface area contributed by atoms with Gasteiger partial charge in [-0.05, 0) is 35.4 Å². The maximum atomic E-state index is 13.9. The lowest BCUT2D eigenvalue weighted by Crippen LogP contribution is -2.34. The van der Waals surface area contributed by atoms with Crippen LogP contribution in [0.5, 0.6) is 28.7 Å². The summed E-state index contributed by atoms with van der Waals surface area (Å²) in [6.45, 7) is 0.330. The van der Waals surface area contributed by atoms with Crippen molar-refractivity contribution < 1.29 is 28.5 Å². The van der Waals surface area contributed by atoms with E-state index in [2.05, 4.69) is 6.07 Å². The largest absolute Gasteiger partial charge is 0.493 e. The van der Waals surface area contributed by atoms with Crippen LogP contribution in [-0.4, -0.2) is 38.9 Å². The molecule has 0 fully saturated rings. The molecule has 8 nitrogen and oxygen atoms in total. The standard InChI is InChI=1S/C26H24N2O6/c1-30-23-12-19(13-24(31-2)25(23)32-3)26(29)28(15-17-7-5-4-6-8-17)20(14-27)18-9-10-21-22(11-18)34-16-33-21/h4-13,20H,15-16H2,1-3H3. The third-order valence-electron chi connectivity index (χ3n) is 5.51. The van der Waals surface area contributed by atoms with Crippen molar-refractivity contribution in [3.05, 3.63) is 77.4 Å². The van der Waals surface area contributed by atoms with Crippen molar-refractivity contribution in [2.24, 2.45) is 0 Å². The minimum absolute atomic E-state index is 0.119. The number of fused-ring (bicyclic) bond motifs is 1. The van der Waals surface area contributed by atoms with Gasteiger partial charge in [0, 0.05) is 12.1 Å². The number of amides is 1. The van der Waals surface area contributed by atoms with E-state index in [4.69, 9.17) is 23.7 Å². The average molecular weight is 460 g/mol. The summed E-state index contributed by atoms with van der Waals surface area (Å²) in [5.41, 5.74) is 1.79. The molecule has 1 atom stereocenters. The highest BCUT2D eigenvalue weighted by Gasteiger charge is 2.29. The molecule has 3 aromatic carbocycles. The molecule has 0 aliphatic carbocycles. The minimum Gasteiger partial charge on any atom is -0.493 e. The molecule has 1 heterocycles. The van der Waals surface area contributed by atoms with Gasteiger partial charge < -0.3 is 28.6 Å². The molecule has 1 aliphatic heterocycles. The van der Waals surface area contributed by atoms with Crippen molar-refractivity contribution >= 4 is 5.91 Å². The van der Waals surface area contributed by atoms with Crippen LogP contribution in [-0.2, 0) is 6.54 Å². The van der Waals surface area contributed by atoms with Gasteiger partial charge in [0.05, 0.1) is 27.4 Å². The first-order chi connectivity index (χ1) is 16.6. The Morgan fingerprint density at radius 2 is 1.65 bits per heavy atom. The number of hydrogen-bond donors (Lipinski definition) is 0. The van der Waals surface area contributed by atoms with Crippen molar-refractivity contribution in [1.82, 2.24) is 4.90 Å². The molecule has 1 unspecified atom stereocenters. The van der Waals surface area contributed by atoms with Crippen LogP contribution in [0.25, 0.3) is 0 Å². The van der Waals surface area contributed by atoms with Crippen molar-refractivity contribution in [3.63, 3.8) is 0 Å². The molecule has 8 heteroatoms. The topological polar surface area (TPSA) is 90.3 Å². The van der Waals surface area contributed by atoms with Crippen molar-refractivity contribution in [2.45, 2.75) is 12.6 Å². The monoisotopic (exact) mass is 460 g/mol. The van der Waals surface area contributed by atoms with E-state index < -0.39 is 6.04 Å². The summed E-state index contributed by atoms with van der Waals surface area (Å²) in [5, 5.41) is 10.2. The number of carbonyl (C=O) groups is 1. The highest BCUT2D eigenvalue weighted by molar-refractivity contribution is 5.96. The summed E-state index contributed by atoms with van der Waals surface area (Å²) in [4.78, 5) is 15.4. The molecule has 1 aliphatic rings. The summed E-state index contributed by atoms with van der Waals surface area (Å²) in [5.74, 6) is 1.85. The Labute approximate surface area is 197 Å². The van der Waals surface area contributed by atoms with Gasteiger partial charge in [-0.3, -0.25) is 4.79 Å². The summed E-state index contributed by atoms with van der Waals surface area (Å²) < 4.78 is 27.1. The van der Waals surface area contributed by atoms with E-state index in [-0.39, 0.29) is 19.2 Å². The van der Waals surface area contributed by atoms with Gasteiger partial charge >= 0.3 is 0 Å². The Morgan fingerprint density at radius 1 is 0.971 bits per heavy atom. The quantitative estimate of drug-likeness (QED) is 0.494. The summed E-state index contributed by atoms with van der Waals surface area (Å²) >= 11 is 0. The maximum absolute atomic E-state index is 13.9. The Balaban J connectivity index is 1.78. The number of rotatable bonds is 8. The van der Waals surface area contributed by atoms with Gasteiger partial charge in [0.1, 0.15) is 6.04 Å². The molecule has 174 valence electrons. The number of hydrogen-bond acceptors (Lipinski definition) is 7. The molecule has 34 heavy (non-hydrogen) atoms. The zero-order valence-electron chi connectivity index (χ0n) is 19.1. The lowest BCUT2D eigenvalue weighted by atomic mass is 10.0. The van der Waals surface area contributed by atoms with Crippen molar-refractivity contribution in [1.29, 1.82) is 5.26 Å². The van der Waals surface area contributed by atoms with E-state index in [0.29, 0.717) is 39.9 Å². The molecule has 0 spiro atoms. The Kier molecular flexibility index (Phi) is 6.74. The first kappa shape index (κ1) is 22.8. The van der Waals surface area contributed by atoms with Crippen LogP contribution in [0.2, 0.25) is 0 Å². The lowest BCUT2D eigenvalue weighted by Gasteiger charge is -2.28. The first-order valence-corrected chi connectivity index (χ1v) is 10.5. The summed E-state index contributed by atoms with van der Waals surface area (Å²) in [6, 6.07) is 19.3. The zero-order valence-corrected chi connectivity index (χ0v) is 19.1. The van der Waals surface area contributed by atoms with Crippen LogP contribution >= 0.6 is 0 Å². The SMILES string of the molecule is COc1cc(C(=O)N(Cc2ccccc2)C(C#N)c2ccc3c(c2)OCO3)cc(OC)c1OC. The molecule has 0 aromatic heterocycles. The van der Waals surface area contributed by atoms with Gasteiger partial charge in [-0.25, -0.2) is 0 Å². The normalized spacial score (nSPS) is 12.4. The third-order valence-corrected chi connectivity index (χ3v) is 5.51. The fourth-order valence-electron chi connectivity index (χ4n) is 3.84. The highest BCUT2D eigenvalue weighted by Crippen LogP contribution is 2.40. The van der Waals surface area contributed by atoms with Crippen LogP contribution in [0.4, 0.5) is 0 Å². The van der Waals surface area contributed by atoms with Crippen LogP contribution in [0.15, 0.2) is 60.7 Å². The van der Waals surface area contributed by atoms with Gasteiger partial charge in [-0.1, -0.05) is 36.4 Å². The molecule has 1 amide bonds. The number of benzene rings is 3. The van der Waals surface area contributed by atoms with E-state index in [0.717, 1.165) is 5.56 Å². The maximum Gasteiger partial charge on any atom is 0.255 e. The fourth-order valence-corrected chi connectivity index (χ4v) is 3.84. The molecule has 3 aromatic rings. The number of methoxy groups -OCH3 is 3. The van der Waals surface area contributed by atoms with E-state index in [1.807, 2.05) is 30.3 Å². The molecular formula is C26H24N2O6. The first-order valence-electron chi connectivity index (χ1n) is 10.5. The Morgan fingerprint density at radius 3 is 2.26 bits per heavy atom. The molecule has 4 rings (SSSR count). The van der Waals surface area contributed by atoms with Crippen LogP contribution in [0.1, 0.15) is 27.5 Å². The predicted octanol–water partition coefficient (Wildman–Crippen LogP) is 4.35. The lowest BCUT2D eigenvalue weighted by molar-refractivity contribution is 0.0700. The summed E-state index contributed by atoms with van der Waals surface area (Å²) in [6.07, 6.45) is 0. The molecule has 0 bridgehead atoms. The minimum atomic E-state index is -0.888. The van der Waals surface area contributed by atoms with Gasteiger partial charge in [-0.2, -0.15) is 5.26 Å². The van der Waals surface area contributed by atoms with Gasteiger partial charge in [0.15, 0.2) is 23.0 Å². The Hall–Kier alpha value is -4.38. The number of carbonyl (C=O) groups excluding carboxylic acids is 1. The predicted molar refractivity (Wildman–Crippen MR) is 123 cm³/mol. The third kappa shape index (κ3) is 4.41. The van der Waals surface area contributed by atoms with Crippen LogP contribution in [0.3, 0.4) is 0 Å². The summed E-state index contributed by atoms with van der Waals surface area (Å²) in [7, 11) is 4.46. The number of nitriles is 1. The number of ether oxygens (including phenoxy) is 5. The molecular weight excluding hydrogens is 436 g/mol. The van der Waals surface area contributed by atoms with E-state index in [1.165, 1.54) is 26.2 Å². The smallest absolute Gasteiger partial charge is 0.255 e. The molecule has 0 saturated heterocycles. The van der Waals surface area contributed by atoms with E-state index >= 15 is 0 Å². The van der Waals surface area contributed by atoms with Gasteiger partial charge in [0.2, 0.25) is 12.5 Å². The second-order valence-electron chi connectivity index (χ2n) is 7.48. The second kappa shape index (κ2) is 10.0. The van der Waals surface area contributed by atoms with E-state index in [1.54, 1.807) is 30.3 Å². The fraction of sp³-hybridized carbons (Fsp3) is 0.231. The van der Waals surface area contributed by atoms with Crippen molar-refractivity contribution in [2.75, 3.05) is 28.1 Å².